The van der Waals surface area contributed by atoms with Crippen LogP contribution in [0.25, 0.3) is 33.5 Å². The molecule has 2 saturated carbocycles. The molecule has 11 heteroatoms. The van der Waals surface area contributed by atoms with Gasteiger partial charge in [0.2, 0.25) is 0 Å². The van der Waals surface area contributed by atoms with Gasteiger partial charge in [0.05, 0.1) is 37.7 Å². The van der Waals surface area contributed by atoms with Crippen LogP contribution in [0.3, 0.4) is 0 Å². The monoisotopic (exact) mass is 597 g/mol. The minimum Gasteiger partial charge on any atom is -0.494 e. The van der Waals surface area contributed by atoms with Crippen LogP contribution in [0.2, 0.25) is 0 Å². The number of rotatable bonds is 7. The average Bonchev–Trinajstić information content (AvgIpc) is 3.21. The largest absolute Gasteiger partial charge is 0.494 e. The lowest BCUT2D eigenvalue weighted by atomic mass is 9.71. The second-order valence-corrected chi connectivity index (χ2v) is 15.5. The van der Waals surface area contributed by atoms with E-state index in [9.17, 15) is 13.2 Å². The summed E-state index contributed by atoms with van der Waals surface area (Å²) >= 11 is 0. The number of fused-ring (bicyclic) bond motifs is 4. The zero-order chi connectivity index (χ0) is 29.7. The molecule has 43 heavy (non-hydrogen) atoms. The number of likely N-dealkylation sites (tertiary alicyclic amines) is 1. The van der Waals surface area contributed by atoms with Crippen LogP contribution < -0.4 is 10.5 Å². The van der Waals surface area contributed by atoms with Crippen molar-refractivity contribution in [1.82, 2.24) is 19.0 Å². The standard InChI is InChI=1S/C32H36BN5O4S/c1-42-27-14-22(31(39)37-17-23-8-9-28(37)32(23,33)34)12-24-29(27)38(16-20-10-11-43(40,41)18-20)30(35-24)26-13-21-4-2-3-5-25(21)36(26)15-19-6-7-19/h2-5,12-14,19-20,23,28H,6-11,15-18,34H2,1H3. The van der Waals surface area contributed by atoms with Crippen LogP contribution in [0.4, 0.5) is 0 Å². The fraction of sp³-hybridized carbons (Fsp3) is 0.500. The third-order valence-electron chi connectivity index (χ3n) is 10.3. The number of carbonyl (C=O) groups is 1. The molecule has 8 rings (SSSR count). The van der Waals surface area contributed by atoms with E-state index in [-0.39, 0.29) is 35.3 Å². The number of nitrogens with two attached hydrogens (primary N) is 1. The molecule has 2 N–H and O–H groups in total. The Kier molecular flexibility index (Phi) is 6.08. The molecule has 222 valence electrons. The molecule has 2 saturated heterocycles. The predicted octanol–water partition coefficient (Wildman–Crippen LogP) is 3.57. The van der Waals surface area contributed by atoms with Crippen LogP contribution in [-0.2, 0) is 22.9 Å². The van der Waals surface area contributed by atoms with Crippen molar-refractivity contribution in [3.05, 3.63) is 48.0 Å². The highest BCUT2D eigenvalue weighted by Crippen LogP contribution is 2.44. The number of sulfone groups is 1. The van der Waals surface area contributed by atoms with Crippen molar-refractivity contribution < 1.29 is 17.9 Å². The van der Waals surface area contributed by atoms with Gasteiger partial charge in [-0.1, -0.05) is 18.2 Å². The molecule has 2 aromatic carbocycles. The first-order valence-electron chi connectivity index (χ1n) is 15.4. The normalized spacial score (nSPS) is 28.0. The van der Waals surface area contributed by atoms with E-state index in [1.807, 2.05) is 17.0 Å². The highest BCUT2D eigenvalue weighted by atomic mass is 32.2. The van der Waals surface area contributed by atoms with Gasteiger partial charge in [-0.25, -0.2) is 13.4 Å². The van der Waals surface area contributed by atoms with Gasteiger partial charge in [-0.2, -0.15) is 0 Å². The third-order valence-corrected chi connectivity index (χ3v) is 12.2. The number of hydrogen-bond donors (Lipinski definition) is 1. The van der Waals surface area contributed by atoms with Gasteiger partial charge in [-0.05, 0) is 74.1 Å². The van der Waals surface area contributed by atoms with Gasteiger partial charge in [0.15, 0.2) is 15.7 Å². The number of hydrogen-bond acceptors (Lipinski definition) is 6. The van der Waals surface area contributed by atoms with Crippen molar-refractivity contribution >= 4 is 45.5 Å². The summed E-state index contributed by atoms with van der Waals surface area (Å²) in [6.07, 6.45) is 4.78. The molecule has 2 radical (unpaired) electrons. The van der Waals surface area contributed by atoms with Crippen LogP contribution in [0, 0.1) is 17.8 Å². The first-order chi connectivity index (χ1) is 20.6. The summed E-state index contributed by atoms with van der Waals surface area (Å²) in [5, 5.41) is 1.14. The lowest BCUT2D eigenvalue weighted by Crippen LogP contribution is -2.52. The van der Waals surface area contributed by atoms with Crippen molar-refractivity contribution in [2.75, 3.05) is 25.2 Å². The van der Waals surface area contributed by atoms with Gasteiger partial charge in [-0.15, -0.1) is 0 Å². The summed E-state index contributed by atoms with van der Waals surface area (Å²) in [6, 6.07) is 14.0. The smallest absolute Gasteiger partial charge is 0.254 e. The molecule has 4 unspecified atom stereocenters. The van der Waals surface area contributed by atoms with Crippen molar-refractivity contribution in [2.24, 2.45) is 23.5 Å². The zero-order valence-corrected chi connectivity index (χ0v) is 25.2. The maximum Gasteiger partial charge on any atom is 0.254 e. The minimum atomic E-state index is -3.06. The number of carbonyl (C=O) groups excluding carboxylic acids is 1. The second kappa shape index (κ2) is 9.60. The van der Waals surface area contributed by atoms with Gasteiger partial charge in [0.1, 0.15) is 11.3 Å². The Morgan fingerprint density at radius 2 is 1.86 bits per heavy atom. The van der Waals surface area contributed by atoms with E-state index in [0.29, 0.717) is 42.3 Å². The summed E-state index contributed by atoms with van der Waals surface area (Å²) in [5.41, 5.74) is 9.65. The number of piperidine rings is 1. The Morgan fingerprint density at radius 3 is 2.53 bits per heavy atom. The zero-order valence-electron chi connectivity index (χ0n) is 24.4. The molecule has 2 aromatic heterocycles. The second-order valence-electron chi connectivity index (χ2n) is 13.3. The number of aromatic nitrogens is 3. The Bertz CT molecular complexity index is 1890. The minimum absolute atomic E-state index is 0.0317. The Morgan fingerprint density at radius 1 is 1.07 bits per heavy atom. The highest BCUT2D eigenvalue weighted by molar-refractivity contribution is 7.91. The molecule has 1 amide bonds. The molecule has 4 fully saturated rings. The van der Waals surface area contributed by atoms with Crippen molar-refractivity contribution in [3.8, 4) is 17.3 Å². The van der Waals surface area contributed by atoms with Crippen LogP contribution in [0.15, 0.2) is 42.5 Å². The quantitative estimate of drug-likeness (QED) is 0.326. The van der Waals surface area contributed by atoms with E-state index in [2.05, 4.69) is 33.4 Å². The number of para-hydroxylation sites is 1. The Labute approximate surface area is 252 Å². The van der Waals surface area contributed by atoms with E-state index in [0.717, 1.165) is 47.3 Å². The van der Waals surface area contributed by atoms with Gasteiger partial charge in [0, 0.05) is 47.6 Å². The summed E-state index contributed by atoms with van der Waals surface area (Å²) in [7, 11) is 4.99. The van der Waals surface area contributed by atoms with Crippen LogP contribution in [0.5, 0.6) is 5.75 Å². The molecular formula is C32H36BN5O4S. The number of benzene rings is 2. The molecule has 4 aromatic rings. The fourth-order valence-corrected chi connectivity index (χ4v) is 9.72. The van der Waals surface area contributed by atoms with Crippen LogP contribution >= 0.6 is 0 Å². The Balaban J connectivity index is 1.29. The molecule has 4 aliphatic rings. The summed E-state index contributed by atoms with van der Waals surface area (Å²) in [6.45, 7) is 1.95. The highest BCUT2D eigenvalue weighted by Gasteiger charge is 2.54. The lowest BCUT2D eigenvalue weighted by Gasteiger charge is -2.30. The SMILES string of the molecule is [B]C1(N)C2CCC1N(C(=O)c1cc(OC)c3c(c1)nc(-c1cc4ccccc4n1CC1CC1)n3CC1CCS(=O)(=O)C1)C2. The van der Waals surface area contributed by atoms with Crippen molar-refractivity contribution in [3.63, 3.8) is 0 Å². The van der Waals surface area contributed by atoms with Gasteiger partial charge in [-0.3, -0.25) is 4.79 Å². The van der Waals surface area contributed by atoms with Crippen molar-refractivity contribution in [1.29, 1.82) is 0 Å². The molecule has 2 bridgehead atoms. The number of amides is 1. The van der Waals surface area contributed by atoms with E-state index in [1.54, 1.807) is 13.2 Å². The average molecular weight is 598 g/mol. The molecule has 0 spiro atoms. The summed E-state index contributed by atoms with van der Waals surface area (Å²) in [4.78, 5) is 20.9. The molecule has 2 aliphatic carbocycles. The molecular weight excluding hydrogens is 561 g/mol. The van der Waals surface area contributed by atoms with Gasteiger partial charge < -0.3 is 24.5 Å². The fourth-order valence-electron chi connectivity index (χ4n) is 7.87. The van der Waals surface area contributed by atoms with Gasteiger partial charge in [0.25, 0.3) is 5.91 Å². The maximum absolute atomic E-state index is 13.9. The van der Waals surface area contributed by atoms with E-state index in [4.69, 9.17) is 23.3 Å². The topological polar surface area (TPSA) is 112 Å². The van der Waals surface area contributed by atoms with E-state index >= 15 is 0 Å². The Hall–Kier alpha value is -3.31. The van der Waals surface area contributed by atoms with Crippen LogP contribution in [-0.4, -0.2) is 77.8 Å². The first kappa shape index (κ1) is 27.3. The van der Waals surface area contributed by atoms with Crippen LogP contribution in [0.1, 0.15) is 42.5 Å². The molecule has 4 heterocycles. The molecule has 4 atom stereocenters. The predicted molar refractivity (Wildman–Crippen MR) is 167 cm³/mol. The summed E-state index contributed by atoms with van der Waals surface area (Å²) in [5.74, 6) is 2.26. The van der Waals surface area contributed by atoms with Crippen molar-refractivity contribution in [2.45, 2.75) is 56.7 Å². The summed E-state index contributed by atoms with van der Waals surface area (Å²) < 4.78 is 35.3. The van der Waals surface area contributed by atoms with Gasteiger partial charge >= 0.3 is 0 Å². The van der Waals surface area contributed by atoms with E-state index < -0.39 is 15.3 Å². The number of nitrogens with zero attached hydrogens (tertiary/aromatic N) is 4. The van der Waals surface area contributed by atoms with E-state index in [1.165, 1.54) is 12.8 Å². The number of methoxy groups -OCH3 is 1. The first-order valence-corrected chi connectivity index (χ1v) is 17.2. The molecule has 2 aliphatic heterocycles. The number of imidazole rings is 1. The number of ether oxygens (including phenoxy) is 1. The molecule has 9 nitrogen and oxygen atoms in total. The maximum atomic E-state index is 13.9. The lowest BCUT2D eigenvalue weighted by molar-refractivity contribution is 0.0697. The third kappa shape index (κ3) is 4.41.